The molecule has 1 aromatic rings. The van der Waals surface area contributed by atoms with Gasteiger partial charge in [-0.25, -0.2) is 4.98 Å². The maximum atomic E-state index is 4.36. The topological polar surface area (TPSA) is 29.9 Å². The number of nitrogens with one attached hydrogen (secondary N) is 1. The van der Waals surface area contributed by atoms with Crippen molar-refractivity contribution in [1.82, 2.24) is 14.9 Å². The zero-order chi connectivity index (χ0) is 10.1. The highest BCUT2D eigenvalue weighted by Gasteiger charge is 2.28. The second kappa shape index (κ2) is 3.73. The smallest absolute Gasteiger partial charge is 0.0954 e. The normalized spacial score (nSPS) is 27.1. The molecule has 1 N–H and O–H groups in total. The molecule has 3 nitrogen and oxygen atoms in total. The molecule has 1 heterocycles. The van der Waals surface area contributed by atoms with Gasteiger partial charge in [-0.15, -0.1) is 0 Å². The molecule has 2 atom stereocenters. The number of hydrogen-bond donors (Lipinski definition) is 1. The van der Waals surface area contributed by atoms with Crippen molar-refractivity contribution in [2.45, 2.75) is 45.2 Å². The summed E-state index contributed by atoms with van der Waals surface area (Å²) in [6.07, 6.45) is 5.89. The molecule has 0 bridgehead atoms. The van der Waals surface area contributed by atoms with Crippen LogP contribution in [0.1, 0.15) is 36.7 Å². The van der Waals surface area contributed by atoms with Gasteiger partial charge in [0.2, 0.25) is 0 Å². The standard InChI is InChI=1S/C11H19N3/c1-8-9(2)14(7-13-8)11-6-4-5-10(11)12-3/h7,10-12H,4-6H2,1-3H3. The molecule has 78 valence electrons. The first-order valence-electron chi connectivity index (χ1n) is 5.41. The van der Waals surface area contributed by atoms with Crippen LogP contribution in [0.15, 0.2) is 6.33 Å². The highest BCUT2D eigenvalue weighted by atomic mass is 15.1. The van der Waals surface area contributed by atoms with Crippen LogP contribution in [0.3, 0.4) is 0 Å². The first kappa shape index (κ1) is 9.71. The largest absolute Gasteiger partial charge is 0.330 e. The molecule has 1 aromatic heterocycles. The minimum absolute atomic E-state index is 0.612. The number of likely N-dealkylation sites (N-methyl/N-ethyl adjacent to an activating group) is 1. The number of hydrogen-bond acceptors (Lipinski definition) is 2. The van der Waals surface area contributed by atoms with Crippen molar-refractivity contribution in [1.29, 1.82) is 0 Å². The molecule has 0 spiro atoms. The Balaban J connectivity index is 2.26. The molecule has 2 unspecified atom stereocenters. The molecule has 1 saturated carbocycles. The third-order valence-electron chi connectivity index (χ3n) is 3.49. The van der Waals surface area contributed by atoms with Crippen LogP contribution in [0.4, 0.5) is 0 Å². The molecule has 0 radical (unpaired) electrons. The van der Waals surface area contributed by atoms with Crippen LogP contribution in [-0.2, 0) is 0 Å². The van der Waals surface area contributed by atoms with Gasteiger partial charge in [0.05, 0.1) is 18.1 Å². The summed E-state index contributed by atoms with van der Waals surface area (Å²) in [4.78, 5) is 4.36. The molecule has 1 aliphatic carbocycles. The molecule has 3 heteroatoms. The average molecular weight is 193 g/mol. The number of nitrogens with zero attached hydrogens (tertiary/aromatic N) is 2. The highest BCUT2D eigenvalue weighted by molar-refractivity contribution is 5.11. The molecule has 0 saturated heterocycles. The Morgan fingerprint density at radius 1 is 1.43 bits per heavy atom. The Labute approximate surface area is 85.5 Å². The van der Waals surface area contributed by atoms with Gasteiger partial charge < -0.3 is 9.88 Å². The van der Waals surface area contributed by atoms with Gasteiger partial charge in [0.25, 0.3) is 0 Å². The van der Waals surface area contributed by atoms with E-state index in [1.54, 1.807) is 0 Å². The second-order valence-electron chi connectivity index (χ2n) is 4.22. The minimum atomic E-state index is 0.612. The Morgan fingerprint density at radius 3 is 2.79 bits per heavy atom. The van der Waals surface area contributed by atoms with Crippen molar-refractivity contribution in [3.63, 3.8) is 0 Å². The number of aromatic nitrogens is 2. The summed E-state index contributed by atoms with van der Waals surface area (Å²) < 4.78 is 2.34. The number of rotatable bonds is 2. The summed E-state index contributed by atoms with van der Waals surface area (Å²) in [7, 11) is 2.06. The summed E-state index contributed by atoms with van der Waals surface area (Å²) >= 11 is 0. The van der Waals surface area contributed by atoms with Crippen molar-refractivity contribution in [3.8, 4) is 0 Å². The van der Waals surface area contributed by atoms with Crippen LogP contribution >= 0.6 is 0 Å². The predicted molar refractivity (Wildman–Crippen MR) is 57.4 cm³/mol. The van der Waals surface area contributed by atoms with Gasteiger partial charge in [0.1, 0.15) is 0 Å². The Hall–Kier alpha value is -0.830. The molecule has 0 aliphatic heterocycles. The first-order chi connectivity index (χ1) is 6.74. The Kier molecular flexibility index (Phi) is 2.59. The van der Waals surface area contributed by atoms with E-state index in [0.29, 0.717) is 12.1 Å². The third-order valence-corrected chi connectivity index (χ3v) is 3.49. The van der Waals surface area contributed by atoms with Gasteiger partial charge >= 0.3 is 0 Å². The van der Waals surface area contributed by atoms with Crippen LogP contribution < -0.4 is 5.32 Å². The van der Waals surface area contributed by atoms with Gasteiger partial charge in [-0.05, 0) is 40.2 Å². The third kappa shape index (κ3) is 1.46. The summed E-state index contributed by atoms with van der Waals surface area (Å²) in [5, 5.41) is 3.40. The molecule has 14 heavy (non-hydrogen) atoms. The van der Waals surface area contributed by atoms with Gasteiger partial charge in [-0.1, -0.05) is 0 Å². The van der Waals surface area contributed by atoms with Crippen LogP contribution in [0.5, 0.6) is 0 Å². The molecule has 1 fully saturated rings. The lowest BCUT2D eigenvalue weighted by molar-refractivity contribution is 0.408. The maximum Gasteiger partial charge on any atom is 0.0954 e. The summed E-state index contributed by atoms with van der Waals surface area (Å²) in [5.74, 6) is 0. The average Bonchev–Trinajstić information content (AvgIpc) is 2.75. The number of aryl methyl sites for hydroxylation is 1. The lowest BCUT2D eigenvalue weighted by atomic mass is 10.1. The monoisotopic (exact) mass is 193 g/mol. The van der Waals surface area contributed by atoms with E-state index in [-0.39, 0.29) is 0 Å². The first-order valence-corrected chi connectivity index (χ1v) is 5.41. The van der Waals surface area contributed by atoms with E-state index in [9.17, 15) is 0 Å². The van der Waals surface area contributed by atoms with E-state index < -0.39 is 0 Å². The SMILES string of the molecule is CNC1CCCC1n1cnc(C)c1C. The van der Waals surface area contributed by atoms with Crippen molar-refractivity contribution >= 4 is 0 Å². The molecular weight excluding hydrogens is 174 g/mol. The van der Waals surface area contributed by atoms with Crippen LogP contribution in [-0.4, -0.2) is 22.6 Å². The van der Waals surface area contributed by atoms with Crippen molar-refractivity contribution < 1.29 is 0 Å². The van der Waals surface area contributed by atoms with Crippen molar-refractivity contribution in [2.75, 3.05) is 7.05 Å². The van der Waals surface area contributed by atoms with E-state index in [4.69, 9.17) is 0 Å². The minimum Gasteiger partial charge on any atom is -0.330 e. The zero-order valence-electron chi connectivity index (χ0n) is 9.25. The Bertz CT molecular complexity index is 316. The van der Waals surface area contributed by atoms with Crippen LogP contribution in [0.2, 0.25) is 0 Å². The predicted octanol–water partition coefficient (Wildman–Crippen LogP) is 1.81. The zero-order valence-corrected chi connectivity index (χ0v) is 9.25. The number of imidazole rings is 1. The summed E-state index contributed by atoms with van der Waals surface area (Å²) in [5.41, 5.74) is 2.48. The van der Waals surface area contributed by atoms with Crippen molar-refractivity contribution in [3.05, 3.63) is 17.7 Å². The molecule has 1 aliphatic rings. The molecule has 0 amide bonds. The highest BCUT2D eigenvalue weighted by Crippen LogP contribution is 2.31. The quantitative estimate of drug-likeness (QED) is 0.776. The van der Waals surface area contributed by atoms with E-state index in [0.717, 1.165) is 5.69 Å². The van der Waals surface area contributed by atoms with Crippen LogP contribution in [0, 0.1) is 13.8 Å². The van der Waals surface area contributed by atoms with Gasteiger partial charge in [0.15, 0.2) is 0 Å². The summed E-state index contributed by atoms with van der Waals surface area (Å²) in [6, 6.07) is 1.24. The van der Waals surface area contributed by atoms with E-state index in [1.807, 2.05) is 6.33 Å². The van der Waals surface area contributed by atoms with Gasteiger partial charge in [0, 0.05) is 11.7 Å². The lowest BCUT2D eigenvalue weighted by Crippen LogP contribution is -2.31. The van der Waals surface area contributed by atoms with E-state index >= 15 is 0 Å². The fourth-order valence-electron chi connectivity index (χ4n) is 2.46. The fourth-order valence-corrected chi connectivity index (χ4v) is 2.46. The van der Waals surface area contributed by atoms with Crippen molar-refractivity contribution in [2.24, 2.45) is 0 Å². The Morgan fingerprint density at radius 2 is 2.21 bits per heavy atom. The molecule has 2 rings (SSSR count). The van der Waals surface area contributed by atoms with E-state index in [2.05, 4.69) is 35.8 Å². The lowest BCUT2D eigenvalue weighted by Gasteiger charge is -2.21. The second-order valence-corrected chi connectivity index (χ2v) is 4.22. The molecule has 0 aromatic carbocycles. The molecular formula is C11H19N3. The van der Waals surface area contributed by atoms with Gasteiger partial charge in [-0.3, -0.25) is 0 Å². The van der Waals surface area contributed by atoms with Crippen LogP contribution in [0.25, 0.3) is 0 Å². The maximum absolute atomic E-state index is 4.36. The van der Waals surface area contributed by atoms with E-state index in [1.165, 1.54) is 25.0 Å². The fraction of sp³-hybridized carbons (Fsp3) is 0.727. The van der Waals surface area contributed by atoms with Gasteiger partial charge in [-0.2, -0.15) is 0 Å². The summed E-state index contributed by atoms with van der Waals surface area (Å²) in [6.45, 7) is 4.24.